The normalized spacial score (nSPS) is 11.0. The predicted molar refractivity (Wildman–Crippen MR) is 125 cm³/mol. The number of carbonyl (C=O) groups excluding carboxylic acids is 1. The van der Waals surface area contributed by atoms with Crippen LogP contribution < -0.4 is 5.56 Å². The summed E-state index contributed by atoms with van der Waals surface area (Å²) in [5.74, 6) is 0.104. The van der Waals surface area contributed by atoms with E-state index in [0.717, 1.165) is 0 Å². The molecule has 5 aromatic rings. The number of hydrogen-bond donors (Lipinski definition) is 1. The average Bonchev–Trinajstić information content (AvgIpc) is 3.34. The Kier molecular flexibility index (Phi) is 5.47. The number of rotatable bonds is 5. The maximum absolute atomic E-state index is 14.2. The number of amides is 1. The summed E-state index contributed by atoms with van der Waals surface area (Å²) in [6.07, 6.45) is 1.43. The van der Waals surface area contributed by atoms with Crippen molar-refractivity contribution in [2.45, 2.75) is 6.54 Å². The van der Waals surface area contributed by atoms with Gasteiger partial charge in [0, 0.05) is 12.6 Å². The number of carbonyl (C=O) groups is 1. The number of aromatic nitrogens is 3. The molecule has 0 radical (unpaired) electrons. The molecule has 0 aliphatic rings. The highest BCUT2D eigenvalue weighted by atomic mass is 19.1. The third kappa shape index (κ3) is 3.97. The topological polar surface area (TPSA) is 92.1 Å². The predicted octanol–water partition coefficient (Wildman–Crippen LogP) is 4.66. The molecule has 1 amide bonds. The number of para-hydroxylation sites is 1. The van der Waals surface area contributed by atoms with E-state index in [2.05, 4.69) is 15.0 Å². The van der Waals surface area contributed by atoms with Gasteiger partial charge in [-0.05, 0) is 36.4 Å². The van der Waals surface area contributed by atoms with Crippen molar-refractivity contribution in [1.29, 1.82) is 0 Å². The van der Waals surface area contributed by atoms with Gasteiger partial charge in [-0.25, -0.2) is 14.4 Å². The first kappa shape index (κ1) is 21.3. The Balaban J connectivity index is 1.44. The minimum absolute atomic E-state index is 0.0965. The van der Waals surface area contributed by atoms with Crippen LogP contribution >= 0.6 is 0 Å². The molecule has 0 fully saturated rings. The van der Waals surface area contributed by atoms with Gasteiger partial charge in [-0.2, -0.15) is 0 Å². The molecule has 7 nitrogen and oxygen atoms in total. The summed E-state index contributed by atoms with van der Waals surface area (Å²) in [6.45, 7) is 0.0965. The molecule has 0 saturated carbocycles. The molecule has 34 heavy (non-hydrogen) atoms. The van der Waals surface area contributed by atoms with E-state index in [1.54, 1.807) is 73.8 Å². The van der Waals surface area contributed by atoms with E-state index in [1.807, 2.05) is 0 Å². The number of oxazole rings is 1. The number of H-pyrrole nitrogens is 1. The van der Waals surface area contributed by atoms with Crippen LogP contribution in [-0.2, 0) is 6.54 Å². The number of halogens is 1. The zero-order valence-corrected chi connectivity index (χ0v) is 18.2. The van der Waals surface area contributed by atoms with Gasteiger partial charge < -0.3 is 14.3 Å². The van der Waals surface area contributed by atoms with Crippen LogP contribution in [0.5, 0.6) is 0 Å². The molecule has 0 unspecified atom stereocenters. The van der Waals surface area contributed by atoms with Gasteiger partial charge in [0.05, 0.1) is 34.8 Å². The maximum atomic E-state index is 14.2. The van der Waals surface area contributed by atoms with Crippen molar-refractivity contribution in [2.24, 2.45) is 0 Å². The Morgan fingerprint density at radius 3 is 2.53 bits per heavy atom. The second kappa shape index (κ2) is 8.74. The van der Waals surface area contributed by atoms with E-state index in [1.165, 1.54) is 17.2 Å². The fourth-order valence-electron chi connectivity index (χ4n) is 3.75. The van der Waals surface area contributed by atoms with Crippen molar-refractivity contribution >= 4 is 16.8 Å². The van der Waals surface area contributed by atoms with Crippen LogP contribution in [0.25, 0.3) is 33.7 Å². The Hall–Kier alpha value is -4.59. The third-order valence-corrected chi connectivity index (χ3v) is 5.43. The van der Waals surface area contributed by atoms with Crippen molar-refractivity contribution < 1.29 is 13.6 Å². The lowest BCUT2D eigenvalue weighted by Gasteiger charge is -2.18. The van der Waals surface area contributed by atoms with E-state index in [4.69, 9.17) is 4.42 Å². The summed E-state index contributed by atoms with van der Waals surface area (Å²) in [5.41, 5.74) is 1.41. The van der Waals surface area contributed by atoms with Gasteiger partial charge in [0.2, 0.25) is 5.89 Å². The second-order valence-corrected chi connectivity index (χ2v) is 7.75. The summed E-state index contributed by atoms with van der Waals surface area (Å²) in [5, 5.41) is 0.486. The van der Waals surface area contributed by atoms with E-state index in [9.17, 15) is 14.0 Å². The third-order valence-electron chi connectivity index (χ3n) is 5.43. The van der Waals surface area contributed by atoms with Crippen molar-refractivity contribution in [3.05, 3.63) is 107 Å². The first-order valence-electron chi connectivity index (χ1n) is 10.5. The van der Waals surface area contributed by atoms with Crippen LogP contribution in [0.4, 0.5) is 4.39 Å². The minimum atomic E-state index is -0.425. The first-order valence-corrected chi connectivity index (χ1v) is 10.5. The number of aromatic amines is 1. The molecule has 0 atom stereocenters. The molecule has 2 heterocycles. The second-order valence-electron chi connectivity index (χ2n) is 7.75. The number of nitrogens with one attached hydrogen (secondary N) is 1. The molecule has 0 saturated heterocycles. The molecule has 3 aromatic carbocycles. The fraction of sp³-hybridized carbons (Fsp3) is 0.0769. The summed E-state index contributed by atoms with van der Waals surface area (Å²) in [6, 6.07) is 20.1. The molecule has 0 aliphatic heterocycles. The summed E-state index contributed by atoms with van der Waals surface area (Å²) < 4.78 is 20.0. The van der Waals surface area contributed by atoms with Gasteiger partial charge >= 0.3 is 0 Å². The van der Waals surface area contributed by atoms with Gasteiger partial charge in [0.15, 0.2) is 5.76 Å². The van der Waals surface area contributed by atoms with Crippen molar-refractivity contribution in [3.8, 4) is 22.8 Å². The zero-order valence-electron chi connectivity index (χ0n) is 18.2. The minimum Gasteiger partial charge on any atom is -0.436 e. The van der Waals surface area contributed by atoms with Gasteiger partial charge in [0.1, 0.15) is 11.6 Å². The monoisotopic (exact) mass is 454 g/mol. The van der Waals surface area contributed by atoms with Crippen molar-refractivity contribution in [2.75, 3.05) is 7.05 Å². The summed E-state index contributed by atoms with van der Waals surface area (Å²) in [7, 11) is 1.62. The molecule has 0 aliphatic carbocycles. The quantitative estimate of drug-likeness (QED) is 0.417. The number of benzene rings is 3. The lowest BCUT2D eigenvalue weighted by atomic mass is 10.1. The maximum Gasteiger partial charge on any atom is 0.258 e. The highest BCUT2D eigenvalue weighted by molar-refractivity contribution is 5.99. The standard InChI is InChI=1S/C26H19FN4O3/c1-31(15-23-29-21-13-7-5-11-19(21)24(32)30-23)26(33)17-9-3-2-8-16(17)25-28-14-22(34-25)18-10-4-6-12-20(18)27/h2-14H,15H2,1H3,(H,29,30,32). The van der Waals surface area contributed by atoms with Crippen LogP contribution in [0.1, 0.15) is 16.2 Å². The van der Waals surface area contributed by atoms with E-state index in [-0.39, 0.29) is 35.2 Å². The lowest BCUT2D eigenvalue weighted by Crippen LogP contribution is -2.28. The Labute approximate surface area is 193 Å². The largest absolute Gasteiger partial charge is 0.436 e. The Morgan fingerprint density at radius 1 is 1.00 bits per heavy atom. The molecule has 1 N–H and O–H groups in total. The smallest absolute Gasteiger partial charge is 0.258 e. The number of nitrogens with zero attached hydrogens (tertiary/aromatic N) is 3. The van der Waals surface area contributed by atoms with E-state index >= 15 is 0 Å². The highest BCUT2D eigenvalue weighted by Gasteiger charge is 2.21. The Bertz CT molecular complexity index is 1570. The number of fused-ring (bicyclic) bond motifs is 1. The zero-order chi connectivity index (χ0) is 23.7. The van der Waals surface area contributed by atoms with Gasteiger partial charge in [0.25, 0.3) is 11.5 Å². The molecule has 0 spiro atoms. The number of hydrogen-bond acceptors (Lipinski definition) is 5. The molecule has 8 heteroatoms. The summed E-state index contributed by atoms with van der Waals surface area (Å²) >= 11 is 0. The van der Waals surface area contributed by atoms with Crippen LogP contribution in [0, 0.1) is 5.82 Å². The van der Waals surface area contributed by atoms with Crippen LogP contribution in [0.15, 0.2) is 88.2 Å². The highest BCUT2D eigenvalue weighted by Crippen LogP contribution is 2.30. The molecule has 168 valence electrons. The van der Waals surface area contributed by atoms with Gasteiger partial charge in [-0.3, -0.25) is 9.59 Å². The van der Waals surface area contributed by atoms with Gasteiger partial charge in [-0.15, -0.1) is 0 Å². The molecule has 0 bridgehead atoms. The molecular formula is C26H19FN4O3. The summed E-state index contributed by atoms with van der Waals surface area (Å²) in [4.78, 5) is 38.6. The fourth-order valence-corrected chi connectivity index (χ4v) is 3.75. The van der Waals surface area contributed by atoms with Gasteiger partial charge in [-0.1, -0.05) is 36.4 Å². The van der Waals surface area contributed by atoms with Crippen LogP contribution in [0.3, 0.4) is 0 Å². The molecular weight excluding hydrogens is 435 g/mol. The molecule has 5 rings (SSSR count). The van der Waals surface area contributed by atoms with Crippen LogP contribution in [-0.4, -0.2) is 32.8 Å². The molecule has 2 aromatic heterocycles. The van der Waals surface area contributed by atoms with E-state index in [0.29, 0.717) is 27.9 Å². The SMILES string of the molecule is CN(Cc1nc2ccccc2c(=O)[nH]1)C(=O)c1ccccc1-c1ncc(-c2ccccc2F)o1. The van der Waals surface area contributed by atoms with E-state index < -0.39 is 5.82 Å². The van der Waals surface area contributed by atoms with Crippen molar-refractivity contribution in [3.63, 3.8) is 0 Å². The lowest BCUT2D eigenvalue weighted by molar-refractivity contribution is 0.0782. The average molecular weight is 454 g/mol. The Morgan fingerprint density at radius 2 is 1.71 bits per heavy atom. The van der Waals surface area contributed by atoms with Crippen molar-refractivity contribution in [1.82, 2.24) is 19.9 Å². The van der Waals surface area contributed by atoms with Crippen LogP contribution in [0.2, 0.25) is 0 Å². The first-order chi connectivity index (χ1) is 16.5.